The van der Waals surface area contributed by atoms with Gasteiger partial charge in [-0.1, -0.05) is 18.2 Å². The van der Waals surface area contributed by atoms with E-state index in [0.29, 0.717) is 0 Å². The quantitative estimate of drug-likeness (QED) is 0.731. The molecule has 0 spiro atoms. The number of amides is 2. The fourth-order valence-electron chi connectivity index (χ4n) is 2.42. The highest BCUT2D eigenvalue weighted by atomic mass is 16.2. The third-order valence-corrected chi connectivity index (χ3v) is 3.32. The standard InChI is InChI=1S/C15H15N3O/c16-15(19)17-12-7-8-14-11(9-12)6-5-10-3-1-2-4-13(10)18-14/h1-4,7-9,18H,5-6H2,(H3,16,17,19). The molecule has 0 aliphatic carbocycles. The largest absolute Gasteiger partial charge is 0.355 e. The van der Waals surface area contributed by atoms with Crippen LogP contribution in [-0.4, -0.2) is 6.03 Å². The molecule has 2 aromatic rings. The van der Waals surface area contributed by atoms with Gasteiger partial charge < -0.3 is 16.4 Å². The topological polar surface area (TPSA) is 67.2 Å². The maximum Gasteiger partial charge on any atom is 0.316 e. The van der Waals surface area contributed by atoms with Crippen LogP contribution in [0.25, 0.3) is 0 Å². The maximum atomic E-state index is 10.9. The lowest BCUT2D eigenvalue weighted by Crippen LogP contribution is -2.19. The molecule has 4 nitrogen and oxygen atoms in total. The van der Waals surface area contributed by atoms with Crippen LogP contribution in [0.15, 0.2) is 42.5 Å². The molecule has 0 saturated heterocycles. The molecule has 0 aromatic heterocycles. The zero-order valence-electron chi connectivity index (χ0n) is 10.4. The molecule has 96 valence electrons. The predicted octanol–water partition coefficient (Wildman–Crippen LogP) is 3.02. The van der Waals surface area contributed by atoms with Crippen molar-refractivity contribution in [2.24, 2.45) is 5.73 Å². The first-order chi connectivity index (χ1) is 9.22. The first kappa shape index (κ1) is 11.6. The molecule has 0 atom stereocenters. The highest BCUT2D eigenvalue weighted by Crippen LogP contribution is 2.31. The van der Waals surface area contributed by atoms with E-state index < -0.39 is 6.03 Å². The van der Waals surface area contributed by atoms with Crippen LogP contribution in [0.5, 0.6) is 0 Å². The average Bonchev–Trinajstić information content (AvgIpc) is 2.57. The van der Waals surface area contributed by atoms with Crippen molar-refractivity contribution in [2.45, 2.75) is 12.8 Å². The Kier molecular flexibility index (Phi) is 2.83. The summed E-state index contributed by atoms with van der Waals surface area (Å²) in [6.07, 6.45) is 1.92. The number of carbonyl (C=O) groups excluding carboxylic acids is 1. The number of benzene rings is 2. The molecule has 1 aliphatic rings. The van der Waals surface area contributed by atoms with E-state index in [1.165, 1.54) is 11.1 Å². The minimum Gasteiger partial charge on any atom is -0.355 e. The van der Waals surface area contributed by atoms with Crippen molar-refractivity contribution >= 4 is 23.1 Å². The van der Waals surface area contributed by atoms with E-state index in [4.69, 9.17) is 5.73 Å². The maximum absolute atomic E-state index is 10.9. The fourth-order valence-corrected chi connectivity index (χ4v) is 2.42. The average molecular weight is 253 g/mol. The summed E-state index contributed by atoms with van der Waals surface area (Å²) < 4.78 is 0. The third-order valence-electron chi connectivity index (χ3n) is 3.32. The van der Waals surface area contributed by atoms with Gasteiger partial charge in [-0.05, 0) is 48.2 Å². The lowest BCUT2D eigenvalue weighted by molar-refractivity contribution is 0.259. The van der Waals surface area contributed by atoms with Crippen molar-refractivity contribution in [3.05, 3.63) is 53.6 Å². The highest BCUT2D eigenvalue weighted by molar-refractivity contribution is 5.88. The molecule has 3 rings (SSSR count). The van der Waals surface area contributed by atoms with Gasteiger partial charge in [-0.2, -0.15) is 0 Å². The number of anilines is 3. The smallest absolute Gasteiger partial charge is 0.316 e. The van der Waals surface area contributed by atoms with Gasteiger partial charge in [0.1, 0.15) is 0 Å². The summed E-state index contributed by atoms with van der Waals surface area (Å²) in [7, 11) is 0. The first-order valence-corrected chi connectivity index (χ1v) is 6.27. The van der Waals surface area contributed by atoms with Crippen molar-refractivity contribution in [3.63, 3.8) is 0 Å². The summed E-state index contributed by atoms with van der Waals surface area (Å²) in [6, 6.07) is 13.6. The van der Waals surface area contributed by atoms with E-state index in [1.54, 1.807) is 0 Å². The second kappa shape index (κ2) is 4.65. The van der Waals surface area contributed by atoms with Crippen LogP contribution < -0.4 is 16.4 Å². The van der Waals surface area contributed by atoms with Crippen LogP contribution in [0.2, 0.25) is 0 Å². The summed E-state index contributed by atoms with van der Waals surface area (Å²) in [5.41, 5.74) is 10.6. The SMILES string of the molecule is NC(=O)Nc1ccc2c(c1)CCc1ccccc1N2. The number of urea groups is 1. The Balaban J connectivity index is 1.95. The van der Waals surface area contributed by atoms with E-state index in [1.807, 2.05) is 24.3 Å². The Morgan fingerprint density at radius 3 is 2.63 bits per heavy atom. The Hall–Kier alpha value is -2.49. The molecule has 0 saturated carbocycles. The van der Waals surface area contributed by atoms with Gasteiger partial charge in [0.2, 0.25) is 0 Å². The molecule has 19 heavy (non-hydrogen) atoms. The van der Waals surface area contributed by atoms with Gasteiger partial charge in [-0.15, -0.1) is 0 Å². The number of nitrogens with one attached hydrogen (secondary N) is 2. The molecule has 0 bridgehead atoms. The van der Waals surface area contributed by atoms with Gasteiger partial charge in [0.15, 0.2) is 0 Å². The predicted molar refractivity (Wildman–Crippen MR) is 76.8 cm³/mol. The van der Waals surface area contributed by atoms with Crippen LogP contribution >= 0.6 is 0 Å². The number of aryl methyl sites for hydroxylation is 2. The first-order valence-electron chi connectivity index (χ1n) is 6.27. The third kappa shape index (κ3) is 2.38. The van der Waals surface area contributed by atoms with Crippen LogP contribution in [-0.2, 0) is 12.8 Å². The number of primary amides is 1. The number of carbonyl (C=O) groups is 1. The molecular formula is C15H15N3O. The van der Waals surface area contributed by atoms with E-state index in [2.05, 4.69) is 28.8 Å². The summed E-state index contributed by atoms with van der Waals surface area (Å²) in [6.45, 7) is 0. The number of hydrogen-bond donors (Lipinski definition) is 3. The lowest BCUT2D eigenvalue weighted by Gasteiger charge is -2.11. The van der Waals surface area contributed by atoms with Gasteiger partial charge in [-0.25, -0.2) is 4.79 Å². The summed E-state index contributed by atoms with van der Waals surface area (Å²) >= 11 is 0. The van der Waals surface area contributed by atoms with E-state index in [0.717, 1.165) is 29.9 Å². The number of rotatable bonds is 1. The minimum absolute atomic E-state index is 0.537. The molecule has 0 unspecified atom stereocenters. The molecule has 2 amide bonds. The van der Waals surface area contributed by atoms with Crippen LogP contribution in [0.1, 0.15) is 11.1 Å². The number of para-hydroxylation sites is 1. The molecule has 4 heteroatoms. The van der Waals surface area contributed by atoms with Crippen LogP contribution in [0.3, 0.4) is 0 Å². The van der Waals surface area contributed by atoms with Crippen molar-refractivity contribution in [3.8, 4) is 0 Å². The second-order valence-corrected chi connectivity index (χ2v) is 4.64. The van der Waals surface area contributed by atoms with Gasteiger partial charge in [0, 0.05) is 17.1 Å². The Morgan fingerprint density at radius 2 is 1.79 bits per heavy atom. The molecule has 2 aromatic carbocycles. The van der Waals surface area contributed by atoms with Crippen molar-refractivity contribution in [2.75, 3.05) is 10.6 Å². The Morgan fingerprint density at radius 1 is 1.05 bits per heavy atom. The summed E-state index contributed by atoms with van der Waals surface area (Å²) in [4.78, 5) is 10.9. The number of hydrogen-bond acceptors (Lipinski definition) is 2. The number of nitrogens with two attached hydrogens (primary N) is 1. The molecular weight excluding hydrogens is 238 g/mol. The van der Waals surface area contributed by atoms with Crippen molar-refractivity contribution < 1.29 is 4.79 Å². The molecule has 4 N–H and O–H groups in total. The normalized spacial score (nSPS) is 12.6. The summed E-state index contributed by atoms with van der Waals surface area (Å²) in [5.74, 6) is 0. The van der Waals surface area contributed by atoms with Crippen molar-refractivity contribution in [1.82, 2.24) is 0 Å². The lowest BCUT2D eigenvalue weighted by atomic mass is 10.0. The fraction of sp³-hybridized carbons (Fsp3) is 0.133. The highest BCUT2D eigenvalue weighted by Gasteiger charge is 2.12. The van der Waals surface area contributed by atoms with E-state index in [9.17, 15) is 4.79 Å². The molecule has 1 heterocycles. The van der Waals surface area contributed by atoms with Crippen LogP contribution in [0.4, 0.5) is 21.9 Å². The second-order valence-electron chi connectivity index (χ2n) is 4.64. The van der Waals surface area contributed by atoms with E-state index in [-0.39, 0.29) is 0 Å². The minimum atomic E-state index is -0.537. The van der Waals surface area contributed by atoms with Gasteiger partial charge >= 0.3 is 6.03 Å². The van der Waals surface area contributed by atoms with E-state index >= 15 is 0 Å². The zero-order valence-corrected chi connectivity index (χ0v) is 10.4. The molecule has 0 fully saturated rings. The zero-order chi connectivity index (χ0) is 13.2. The molecule has 0 radical (unpaired) electrons. The molecule has 1 aliphatic heterocycles. The Labute approximate surface area is 111 Å². The number of fused-ring (bicyclic) bond motifs is 2. The summed E-state index contributed by atoms with van der Waals surface area (Å²) in [5, 5.41) is 6.05. The van der Waals surface area contributed by atoms with Gasteiger partial charge in [0.05, 0.1) is 0 Å². The van der Waals surface area contributed by atoms with Crippen molar-refractivity contribution in [1.29, 1.82) is 0 Å². The van der Waals surface area contributed by atoms with Gasteiger partial charge in [0.25, 0.3) is 0 Å². The van der Waals surface area contributed by atoms with Gasteiger partial charge in [-0.3, -0.25) is 0 Å². The monoisotopic (exact) mass is 253 g/mol. The Bertz CT molecular complexity index is 637. The van der Waals surface area contributed by atoms with Crippen LogP contribution in [0, 0.1) is 0 Å².